The van der Waals surface area contributed by atoms with Crippen molar-refractivity contribution in [1.82, 2.24) is 4.90 Å². The van der Waals surface area contributed by atoms with Gasteiger partial charge in [-0.1, -0.05) is 0 Å². The van der Waals surface area contributed by atoms with Gasteiger partial charge in [0.2, 0.25) is 0 Å². The van der Waals surface area contributed by atoms with Crippen molar-refractivity contribution in [2.45, 2.75) is 19.8 Å². The second-order valence-electron chi connectivity index (χ2n) is 2.83. The van der Waals surface area contributed by atoms with E-state index in [2.05, 4.69) is 29.2 Å². The minimum absolute atomic E-state index is 0.813. The summed E-state index contributed by atoms with van der Waals surface area (Å²) in [7, 11) is 4.18. The van der Waals surface area contributed by atoms with Crippen LogP contribution in [0, 0.1) is 0 Å². The van der Waals surface area contributed by atoms with Gasteiger partial charge in [0.1, 0.15) is 0 Å². The maximum Gasteiger partial charge on any atom is 0.0599 e. The summed E-state index contributed by atoms with van der Waals surface area (Å²) < 4.78 is 0. The lowest BCUT2D eigenvalue weighted by atomic mass is 10.3. The monoisotopic (exact) mass is 157 g/mol. The van der Waals surface area contributed by atoms with E-state index in [-0.39, 0.29) is 0 Å². The van der Waals surface area contributed by atoms with Crippen molar-refractivity contribution in [3.8, 4) is 0 Å². The fourth-order valence-corrected chi connectivity index (χ4v) is 0.781. The van der Waals surface area contributed by atoms with Crippen LogP contribution in [0.1, 0.15) is 19.8 Å². The third kappa shape index (κ3) is 9.56. The number of rotatable bonds is 6. The summed E-state index contributed by atoms with van der Waals surface area (Å²) in [5, 5.41) is 7.89. The maximum absolute atomic E-state index is 3.99. The van der Waals surface area contributed by atoms with Crippen LogP contribution in [-0.2, 0) is 0 Å². The molecule has 0 atom stereocenters. The molecule has 0 fully saturated rings. The van der Waals surface area contributed by atoms with Crippen LogP contribution in [0.15, 0.2) is 10.2 Å². The summed E-state index contributed by atoms with van der Waals surface area (Å²) in [6.07, 6.45) is 2.37. The first-order valence-electron chi connectivity index (χ1n) is 4.25. The van der Waals surface area contributed by atoms with Crippen LogP contribution in [0.3, 0.4) is 0 Å². The van der Waals surface area contributed by atoms with Crippen LogP contribution in [0.5, 0.6) is 0 Å². The first-order valence-corrected chi connectivity index (χ1v) is 4.25. The molecule has 0 aromatic rings. The van der Waals surface area contributed by atoms with E-state index in [0.717, 1.165) is 26.1 Å². The van der Waals surface area contributed by atoms with E-state index in [9.17, 15) is 0 Å². The summed E-state index contributed by atoms with van der Waals surface area (Å²) in [5.41, 5.74) is 0. The molecular formula is C8H19N3. The highest BCUT2D eigenvalue weighted by atomic mass is 15.1. The van der Waals surface area contributed by atoms with E-state index in [0.29, 0.717) is 0 Å². The van der Waals surface area contributed by atoms with Crippen molar-refractivity contribution in [2.75, 3.05) is 33.7 Å². The third-order valence-corrected chi connectivity index (χ3v) is 1.35. The van der Waals surface area contributed by atoms with Crippen molar-refractivity contribution < 1.29 is 0 Å². The lowest BCUT2D eigenvalue weighted by Crippen LogP contribution is -2.12. The van der Waals surface area contributed by atoms with E-state index in [1.165, 1.54) is 6.42 Å². The Hall–Kier alpha value is -0.440. The van der Waals surface area contributed by atoms with E-state index in [1.54, 1.807) is 0 Å². The molecule has 0 N–H and O–H groups in total. The topological polar surface area (TPSA) is 28.0 Å². The average molecular weight is 157 g/mol. The zero-order valence-electron chi connectivity index (χ0n) is 7.88. The van der Waals surface area contributed by atoms with Crippen LogP contribution in [0.4, 0.5) is 0 Å². The van der Waals surface area contributed by atoms with Crippen LogP contribution < -0.4 is 0 Å². The van der Waals surface area contributed by atoms with Crippen molar-refractivity contribution in [2.24, 2.45) is 10.2 Å². The molecule has 0 saturated carbocycles. The third-order valence-electron chi connectivity index (χ3n) is 1.35. The summed E-state index contributed by atoms with van der Waals surface area (Å²) in [6, 6.07) is 0. The molecule has 0 rings (SSSR count). The Kier molecular flexibility index (Phi) is 7.36. The fourth-order valence-electron chi connectivity index (χ4n) is 0.781. The second-order valence-corrected chi connectivity index (χ2v) is 2.83. The van der Waals surface area contributed by atoms with Gasteiger partial charge in [-0.25, -0.2) is 0 Å². The SMILES string of the molecule is CCN=NCCCCN(C)C. The first kappa shape index (κ1) is 10.6. The Balaban J connectivity index is 2.96. The smallest absolute Gasteiger partial charge is 0.0599 e. The van der Waals surface area contributed by atoms with Crippen LogP contribution in [-0.4, -0.2) is 38.6 Å². The molecule has 0 aliphatic carbocycles. The van der Waals surface area contributed by atoms with Crippen molar-refractivity contribution in [3.05, 3.63) is 0 Å². The lowest BCUT2D eigenvalue weighted by Gasteiger charge is -2.06. The minimum Gasteiger partial charge on any atom is -0.309 e. The molecule has 66 valence electrons. The first-order chi connectivity index (χ1) is 5.27. The van der Waals surface area contributed by atoms with Gasteiger partial charge in [0, 0.05) is 0 Å². The van der Waals surface area contributed by atoms with Gasteiger partial charge in [-0.15, -0.1) is 0 Å². The van der Waals surface area contributed by atoms with Gasteiger partial charge in [-0.3, -0.25) is 0 Å². The largest absolute Gasteiger partial charge is 0.309 e. The molecule has 3 heteroatoms. The Morgan fingerprint density at radius 1 is 1.09 bits per heavy atom. The number of hydrogen-bond donors (Lipinski definition) is 0. The predicted octanol–water partition coefficient (Wildman–Crippen LogP) is 1.80. The molecule has 3 nitrogen and oxygen atoms in total. The molecule has 0 heterocycles. The molecule has 0 saturated heterocycles. The number of nitrogens with zero attached hydrogens (tertiary/aromatic N) is 3. The normalized spacial score (nSPS) is 11.6. The summed E-state index contributed by atoms with van der Waals surface area (Å²) >= 11 is 0. The molecule has 0 aliphatic heterocycles. The Labute approximate surface area is 69.5 Å². The molecule has 0 aromatic carbocycles. The van der Waals surface area contributed by atoms with Crippen LogP contribution in [0.2, 0.25) is 0 Å². The minimum atomic E-state index is 0.813. The molecule has 0 aliphatic rings. The quantitative estimate of drug-likeness (QED) is 0.427. The lowest BCUT2D eigenvalue weighted by molar-refractivity contribution is 0.395. The summed E-state index contributed by atoms with van der Waals surface area (Å²) in [5.74, 6) is 0. The predicted molar refractivity (Wildman–Crippen MR) is 48.1 cm³/mol. The van der Waals surface area contributed by atoms with E-state index in [1.807, 2.05) is 6.92 Å². The zero-order valence-corrected chi connectivity index (χ0v) is 7.88. The molecule has 0 spiro atoms. The fraction of sp³-hybridized carbons (Fsp3) is 1.00. The second kappa shape index (κ2) is 7.66. The van der Waals surface area contributed by atoms with Gasteiger partial charge in [-0.2, -0.15) is 10.2 Å². The zero-order chi connectivity index (χ0) is 8.53. The van der Waals surface area contributed by atoms with Gasteiger partial charge >= 0.3 is 0 Å². The average Bonchev–Trinajstić information content (AvgIpc) is 1.96. The number of unbranched alkanes of at least 4 members (excludes halogenated alkanes) is 1. The Morgan fingerprint density at radius 3 is 2.36 bits per heavy atom. The highest BCUT2D eigenvalue weighted by Gasteiger charge is 1.88. The summed E-state index contributed by atoms with van der Waals surface area (Å²) in [4.78, 5) is 2.19. The van der Waals surface area contributed by atoms with Gasteiger partial charge in [-0.05, 0) is 40.4 Å². The molecular weight excluding hydrogens is 138 g/mol. The van der Waals surface area contributed by atoms with Gasteiger partial charge in [0.15, 0.2) is 0 Å². The van der Waals surface area contributed by atoms with Crippen molar-refractivity contribution in [3.63, 3.8) is 0 Å². The Morgan fingerprint density at radius 2 is 1.82 bits per heavy atom. The summed E-state index contributed by atoms with van der Waals surface area (Å²) in [6.45, 7) is 4.86. The molecule has 0 unspecified atom stereocenters. The highest BCUT2D eigenvalue weighted by molar-refractivity contribution is 4.46. The molecule has 0 radical (unpaired) electrons. The molecule has 0 bridgehead atoms. The Bertz CT molecular complexity index is 99.5. The van der Waals surface area contributed by atoms with Gasteiger partial charge in [0.05, 0.1) is 13.1 Å². The number of azo groups is 1. The number of hydrogen-bond acceptors (Lipinski definition) is 3. The molecule has 11 heavy (non-hydrogen) atoms. The molecule has 0 amide bonds. The van der Waals surface area contributed by atoms with Crippen molar-refractivity contribution in [1.29, 1.82) is 0 Å². The van der Waals surface area contributed by atoms with E-state index < -0.39 is 0 Å². The van der Waals surface area contributed by atoms with Gasteiger partial charge in [0.25, 0.3) is 0 Å². The van der Waals surface area contributed by atoms with Gasteiger partial charge < -0.3 is 4.90 Å². The highest BCUT2D eigenvalue weighted by Crippen LogP contribution is 1.91. The van der Waals surface area contributed by atoms with Crippen LogP contribution in [0.25, 0.3) is 0 Å². The maximum atomic E-state index is 3.99. The molecule has 0 aromatic heterocycles. The van der Waals surface area contributed by atoms with Crippen LogP contribution >= 0.6 is 0 Å². The van der Waals surface area contributed by atoms with Crippen molar-refractivity contribution >= 4 is 0 Å². The van der Waals surface area contributed by atoms with E-state index in [4.69, 9.17) is 0 Å². The van der Waals surface area contributed by atoms with E-state index >= 15 is 0 Å². The standard InChI is InChI=1S/C8H19N3/c1-4-9-10-7-5-6-8-11(2)3/h4-8H2,1-3H3.